The van der Waals surface area contributed by atoms with Crippen molar-refractivity contribution in [3.05, 3.63) is 102 Å². The van der Waals surface area contributed by atoms with Gasteiger partial charge in [0, 0.05) is 18.5 Å². The number of nitrogens with one attached hydrogen (secondary N) is 1. The predicted octanol–water partition coefficient (Wildman–Crippen LogP) is 3.09. The average Bonchev–Trinajstić information content (AvgIpc) is 2.81. The van der Waals surface area contributed by atoms with E-state index in [-0.39, 0.29) is 11.9 Å². The Labute approximate surface area is 174 Å². The summed E-state index contributed by atoms with van der Waals surface area (Å²) in [5.74, 6) is 0.556. The number of carbonyl (C=O) groups is 1. The molecule has 7 heteroatoms. The van der Waals surface area contributed by atoms with E-state index in [0.717, 1.165) is 16.9 Å². The number of amides is 1. The van der Waals surface area contributed by atoms with Crippen LogP contribution in [0.2, 0.25) is 0 Å². The van der Waals surface area contributed by atoms with Gasteiger partial charge in [-0.2, -0.15) is 15.5 Å². The zero-order valence-electron chi connectivity index (χ0n) is 16.3. The Morgan fingerprint density at radius 3 is 2.40 bits per heavy atom. The van der Waals surface area contributed by atoms with Crippen molar-refractivity contribution in [1.29, 1.82) is 5.26 Å². The molecule has 2 aromatic carbocycles. The first kappa shape index (κ1) is 19.2. The maximum atomic E-state index is 12.1. The van der Waals surface area contributed by atoms with E-state index < -0.39 is 6.17 Å². The zero-order chi connectivity index (χ0) is 20.9. The summed E-state index contributed by atoms with van der Waals surface area (Å²) in [7, 11) is 1.63. The van der Waals surface area contributed by atoms with Gasteiger partial charge in [-0.25, -0.2) is 0 Å². The van der Waals surface area contributed by atoms with Crippen LogP contribution in [-0.4, -0.2) is 28.1 Å². The standard InChI is InChI=1S/C23H19N5O2/c1-30-19-10-8-18(9-11-19)22(17-6-4-16(15-24)5-7-17)28-14-12-21(29)26-23(28)20-3-2-13-25-27-20/h2-14,22-23H,1H3,(H,26,29)/t22-,23?/m0/s1. The molecule has 0 radical (unpaired) electrons. The molecule has 0 spiro atoms. The number of ether oxygens (including phenoxy) is 1. The van der Waals surface area contributed by atoms with Crippen molar-refractivity contribution < 1.29 is 9.53 Å². The number of aromatic nitrogens is 2. The van der Waals surface area contributed by atoms with Crippen molar-refractivity contribution in [2.45, 2.75) is 12.2 Å². The van der Waals surface area contributed by atoms with Gasteiger partial charge in [-0.3, -0.25) is 4.79 Å². The Balaban J connectivity index is 1.83. The minimum absolute atomic E-state index is 0.199. The summed E-state index contributed by atoms with van der Waals surface area (Å²) < 4.78 is 5.30. The van der Waals surface area contributed by atoms with Crippen LogP contribution in [0.25, 0.3) is 0 Å². The SMILES string of the molecule is COc1ccc([C@H](c2ccc(C#N)cc2)N2C=CC(=O)NC2c2cccnn2)cc1. The summed E-state index contributed by atoms with van der Waals surface area (Å²) in [5, 5.41) is 20.3. The van der Waals surface area contributed by atoms with Crippen LogP contribution >= 0.6 is 0 Å². The fraction of sp³-hybridized carbons (Fsp3) is 0.130. The molecule has 0 saturated carbocycles. The molecule has 1 N–H and O–H groups in total. The lowest BCUT2D eigenvalue weighted by atomic mass is 9.95. The maximum Gasteiger partial charge on any atom is 0.247 e. The van der Waals surface area contributed by atoms with Gasteiger partial charge in [0.15, 0.2) is 0 Å². The van der Waals surface area contributed by atoms with Gasteiger partial charge < -0.3 is 15.0 Å². The third-order valence-corrected chi connectivity index (χ3v) is 4.93. The van der Waals surface area contributed by atoms with Gasteiger partial charge in [-0.15, -0.1) is 0 Å². The Kier molecular flexibility index (Phi) is 5.39. The predicted molar refractivity (Wildman–Crippen MR) is 110 cm³/mol. The smallest absolute Gasteiger partial charge is 0.247 e. The summed E-state index contributed by atoms with van der Waals surface area (Å²) in [6.07, 6.45) is 4.35. The molecule has 2 atom stereocenters. The van der Waals surface area contributed by atoms with Gasteiger partial charge in [0.05, 0.1) is 24.8 Å². The summed E-state index contributed by atoms with van der Waals surface area (Å²) in [4.78, 5) is 14.2. The minimum atomic E-state index is -0.501. The van der Waals surface area contributed by atoms with Crippen LogP contribution in [0.5, 0.6) is 5.75 Å². The molecule has 7 nitrogen and oxygen atoms in total. The molecule has 0 fully saturated rings. The average molecular weight is 397 g/mol. The van der Waals surface area contributed by atoms with Crippen LogP contribution in [-0.2, 0) is 4.79 Å². The first-order valence-corrected chi connectivity index (χ1v) is 9.37. The summed E-state index contributed by atoms with van der Waals surface area (Å²) in [5.41, 5.74) is 3.17. The van der Waals surface area contributed by atoms with Gasteiger partial charge in [0.1, 0.15) is 17.6 Å². The highest BCUT2D eigenvalue weighted by molar-refractivity contribution is 5.88. The van der Waals surface area contributed by atoms with Gasteiger partial charge in [-0.1, -0.05) is 24.3 Å². The normalized spacial score (nSPS) is 16.5. The number of methoxy groups -OCH3 is 1. The van der Waals surface area contributed by atoms with Crippen molar-refractivity contribution in [1.82, 2.24) is 20.4 Å². The van der Waals surface area contributed by atoms with Gasteiger partial charge >= 0.3 is 0 Å². The highest BCUT2D eigenvalue weighted by Gasteiger charge is 2.32. The van der Waals surface area contributed by atoms with E-state index in [2.05, 4.69) is 21.6 Å². The van der Waals surface area contributed by atoms with Gasteiger partial charge in [0.25, 0.3) is 0 Å². The molecular formula is C23H19N5O2. The van der Waals surface area contributed by atoms with Crippen LogP contribution in [0.15, 0.2) is 79.1 Å². The zero-order valence-corrected chi connectivity index (χ0v) is 16.3. The van der Waals surface area contributed by atoms with Crippen LogP contribution in [0.3, 0.4) is 0 Å². The van der Waals surface area contributed by atoms with Crippen molar-refractivity contribution in [2.75, 3.05) is 7.11 Å². The Morgan fingerprint density at radius 2 is 1.80 bits per heavy atom. The lowest BCUT2D eigenvalue weighted by Crippen LogP contribution is -2.44. The largest absolute Gasteiger partial charge is 0.497 e. The number of hydrogen-bond acceptors (Lipinski definition) is 6. The highest BCUT2D eigenvalue weighted by Crippen LogP contribution is 2.36. The van der Waals surface area contributed by atoms with E-state index in [1.54, 1.807) is 37.7 Å². The molecule has 30 heavy (non-hydrogen) atoms. The first-order chi connectivity index (χ1) is 14.7. The quantitative estimate of drug-likeness (QED) is 0.711. The number of nitriles is 1. The summed E-state index contributed by atoms with van der Waals surface area (Å²) in [6.45, 7) is 0. The second kappa shape index (κ2) is 8.45. The molecular weight excluding hydrogens is 378 g/mol. The molecule has 0 bridgehead atoms. The van der Waals surface area contributed by atoms with E-state index in [1.165, 1.54) is 6.08 Å². The Hall–Kier alpha value is -4.18. The fourth-order valence-corrected chi connectivity index (χ4v) is 3.48. The molecule has 1 aliphatic rings. The fourth-order valence-electron chi connectivity index (χ4n) is 3.48. The molecule has 148 valence electrons. The molecule has 2 heterocycles. The topological polar surface area (TPSA) is 91.1 Å². The van der Waals surface area contributed by atoms with Crippen molar-refractivity contribution in [3.8, 4) is 11.8 Å². The second-order valence-electron chi connectivity index (χ2n) is 6.73. The number of carbonyl (C=O) groups excluding carboxylic acids is 1. The number of hydrogen-bond donors (Lipinski definition) is 1. The minimum Gasteiger partial charge on any atom is -0.497 e. The van der Waals surface area contributed by atoms with Crippen LogP contribution in [0.1, 0.15) is 34.6 Å². The van der Waals surface area contributed by atoms with E-state index in [0.29, 0.717) is 11.3 Å². The van der Waals surface area contributed by atoms with E-state index >= 15 is 0 Å². The lowest BCUT2D eigenvalue weighted by molar-refractivity contribution is -0.119. The van der Waals surface area contributed by atoms with Crippen molar-refractivity contribution in [3.63, 3.8) is 0 Å². The van der Waals surface area contributed by atoms with Crippen molar-refractivity contribution in [2.24, 2.45) is 0 Å². The van der Waals surface area contributed by atoms with E-state index in [9.17, 15) is 4.79 Å². The summed E-state index contributed by atoms with van der Waals surface area (Å²) >= 11 is 0. The molecule has 1 amide bonds. The molecule has 4 rings (SSSR count). The highest BCUT2D eigenvalue weighted by atomic mass is 16.5. The van der Waals surface area contributed by atoms with Crippen LogP contribution in [0.4, 0.5) is 0 Å². The first-order valence-electron chi connectivity index (χ1n) is 9.37. The number of benzene rings is 2. The van der Waals surface area contributed by atoms with Crippen molar-refractivity contribution >= 4 is 5.91 Å². The Bertz CT molecular complexity index is 1090. The van der Waals surface area contributed by atoms with Gasteiger partial charge in [0.2, 0.25) is 5.91 Å². The Morgan fingerprint density at radius 1 is 1.10 bits per heavy atom. The van der Waals surface area contributed by atoms with Crippen LogP contribution < -0.4 is 10.1 Å². The van der Waals surface area contributed by atoms with Gasteiger partial charge in [-0.05, 0) is 47.5 Å². The second-order valence-corrected chi connectivity index (χ2v) is 6.73. The maximum absolute atomic E-state index is 12.1. The number of nitrogens with zero attached hydrogens (tertiary/aromatic N) is 4. The third kappa shape index (κ3) is 3.84. The van der Waals surface area contributed by atoms with Crippen LogP contribution in [0, 0.1) is 11.3 Å². The summed E-state index contributed by atoms with van der Waals surface area (Å²) in [6, 6.07) is 20.7. The molecule has 1 unspecified atom stereocenters. The molecule has 0 saturated heterocycles. The molecule has 1 aromatic heterocycles. The molecule has 0 aliphatic carbocycles. The monoisotopic (exact) mass is 397 g/mol. The van der Waals surface area contributed by atoms with E-state index in [1.807, 2.05) is 47.4 Å². The van der Waals surface area contributed by atoms with E-state index in [4.69, 9.17) is 10.00 Å². The lowest BCUT2D eigenvalue weighted by Gasteiger charge is -2.39. The molecule has 3 aromatic rings. The molecule has 1 aliphatic heterocycles. The third-order valence-electron chi connectivity index (χ3n) is 4.93. The number of rotatable bonds is 5.